The van der Waals surface area contributed by atoms with E-state index in [4.69, 9.17) is 16.3 Å². The second-order valence-corrected chi connectivity index (χ2v) is 9.02. The number of aliphatic hydroxyl groups is 1. The van der Waals surface area contributed by atoms with Crippen molar-refractivity contribution in [1.82, 2.24) is 0 Å². The van der Waals surface area contributed by atoms with Crippen LogP contribution in [0.25, 0.3) is 0 Å². The van der Waals surface area contributed by atoms with Gasteiger partial charge in [-0.1, -0.05) is 91.3 Å². The number of hydrogen-bond donors (Lipinski definition) is 1. The number of benzene rings is 3. The van der Waals surface area contributed by atoms with E-state index in [2.05, 4.69) is 55.5 Å². The van der Waals surface area contributed by atoms with Crippen LogP contribution in [0.4, 0.5) is 0 Å². The maximum Gasteiger partial charge on any atom is 0.113 e. The van der Waals surface area contributed by atoms with Gasteiger partial charge in [-0.05, 0) is 71.6 Å². The summed E-state index contributed by atoms with van der Waals surface area (Å²) < 4.78 is 5.99. The first-order valence-corrected chi connectivity index (χ1v) is 11.9. The van der Waals surface area contributed by atoms with Crippen LogP contribution < -0.4 is 0 Å². The van der Waals surface area contributed by atoms with Gasteiger partial charge in [-0.25, -0.2) is 0 Å². The predicted molar refractivity (Wildman–Crippen MR) is 132 cm³/mol. The molecule has 0 aliphatic heterocycles. The molecular formula is C29H31ClO2. The molecule has 2 nitrogen and oxygen atoms in total. The molecule has 0 spiro atoms. The van der Waals surface area contributed by atoms with E-state index in [-0.39, 0.29) is 0 Å². The molecule has 32 heavy (non-hydrogen) atoms. The number of halogens is 1. The van der Waals surface area contributed by atoms with Crippen LogP contribution >= 0.6 is 11.6 Å². The van der Waals surface area contributed by atoms with E-state index >= 15 is 0 Å². The number of hydrogen-bond acceptors (Lipinski definition) is 2. The molecule has 1 aliphatic rings. The van der Waals surface area contributed by atoms with Gasteiger partial charge in [-0.15, -0.1) is 0 Å². The molecule has 3 aromatic carbocycles. The third-order valence-corrected chi connectivity index (χ3v) is 6.75. The minimum Gasteiger partial charge on any atom is -0.381 e. The topological polar surface area (TPSA) is 29.5 Å². The third-order valence-electron chi connectivity index (χ3n) is 6.38. The first-order chi connectivity index (χ1) is 15.6. The minimum absolute atomic E-state index is 0.418. The van der Waals surface area contributed by atoms with Crippen LogP contribution in [0.5, 0.6) is 0 Å². The fourth-order valence-electron chi connectivity index (χ4n) is 4.40. The van der Waals surface area contributed by atoms with Crippen molar-refractivity contribution in [3.8, 4) is 0 Å². The lowest BCUT2D eigenvalue weighted by Gasteiger charge is -2.35. The molecule has 0 amide bonds. The third kappa shape index (κ3) is 5.32. The van der Waals surface area contributed by atoms with Gasteiger partial charge < -0.3 is 9.84 Å². The van der Waals surface area contributed by atoms with Crippen LogP contribution in [0.1, 0.15) is 54.0 Å². The van der Waals surface area contributed by atoms with Crippen LogP contribution in [0.3, 0.4) is 0 Å². The SMILES string of the molecule is CCc1ccc(Cc2cc(C3(O)CCCC=C3COCc3ccccc3)ccc2Cl)cc1. The van der Waals surface area contributed by atoms with E-state index < -0.39 is 5.60 Å². The van der Waals surface area contributed by atoms with Gasteiger partial charge in [0.05, 0.1) is 13.2 Å². The maximum absolute atomic E-state index is 11.8. The van der Waals surface area contributed by atoms with Crippen LogP contribution in [-0.4, -0.2) is 11.7 Å². The molecule has 1 atom stereocenters. The maximum atomic E-state index is 11.8. The first kappa shape index (κ1) is 22.8. The first-order valence-electron chi connectivity index (χ1n) is 11.5. The van der Waals surface area contributed by atoms with E-state index in [1.807, 2.05) is 30.3 Å². The van der Waals surface area contributed by atoms with Gasteiger partial charge >= 0.3 is 0 Å². The van der Waals surface area contributed by atoms with Crippen molar-refractivity contribution in [3.05, 3.63) is 117 Å². The van der Waals surface area contributed by atoms with Crippen LogP contribution in [0.15, 0.2) is 84.4 Å². The molecule has 0 saturated heterocycles. The van der Waals surface area contributed by atoms with E-state index in [1.165, 1.54) is 11.1 Å². The second kappa shape index (κ2) is 10.5. The highest BCUT2D eigenvalue weighted by Crippen LogP contribution is 2.40. The lowest BCUT2D eigenvalue weighted by molar-refractivity contribution is 0.0317. The molecular weight excluding hydrogens is 416 g/mol. The summed E-state index contributed by atoms with van der Waals surface area (Å²) in [5.41, 5.74) is 5.55. The predicted octanol–water partition coefficient (Wildman–Crippen LogP) is 7.01. The monoisotopic (exact) mass is 446 g/mol. The van der Waals surface area contributed by atoms with Gasteiger partial charge in [-0.3, -0.25) is 0 Å². The summed E-state index contributed by atoms with van der Waals surface area (Å²) in [4.78, 5) is 0. The van der Waals surface area contributed by atoms with Crippen molar-refractivity contribution in [2.75, 3.05) is 6.61 Å². The van der Waals surface area contributed by atoms with Crippen molar-refractivity contribution in [3.63, 3.8) is 0 Å². The zero-order chi connectivity index (χ0) is 22.4. The Morgan fingerprint density at radius 3 is 2.41 bits per heavy atom. The second-order valence-electron chi connectivity index (χ2n) is 8.61. The van der Waals surface area contributed by atoms with Gasteiger partial charge in [-0.2, -0.15) is 0 Å². The van der Waals surface area contributed by atoms with E-state index in [9.17, 15) is 5.11 Å². The smallest absolute Gasteiger partial charge is 0.113 e. The van der Waals surface area contributed by atoms with Crippen molar-refractivity contribution < 1.29 is 9.84 Å². The summed E-state index contributed by atoms with van der Waals surface area (Å²) in [5.74, 6) is 0. The highest BCUT2D eigenvalue weighted by Gasteiger charge is 2.35. The Bertz CT molecular complexity index is 1060. The Balaban J connectivity index is 1.52. The Morgan fingerprint density at radius 1 is 0.906 bits per heavy atom. The Labute approximate surface area is 196 Å². The van der Waals surface area contributed by atoms with Crippen molar-refractivity contribution in [2.45, 2.75) is 51.2 Å². The minimum atomic E-state index is -1.01. The normalized spacial score (nSPS) is 18.4. The van der Waals surface area contributed by atoms with Crippen molar-refractivity contribution in [1.29, 1.82) is 0 Å². The fraction of sp³-hybridized carbons (Fsp3) is 0.310. The van der Waals surface area contributed by atoms with Crippen molar-refractivity contribution in [2.24, 2.45) is 0 Å². The van der Waals surface area contributed by atoms with E-state index in [1.54, 1.807) is 0 Å². The Morgan fingerprint density at radius 2 is 1.66 bits per heavy atom. The number of ether oxygens (including phenoxy) is 1. The molecule has 0 bridgehead atoms. The standard InChI is InChI=1S/C29H31ClO2/c1-2-22-11-13-23(14-12-22)18-25-19-26(15-16-28(25)30)29(31)17-7-6-10-27(29)21-32-20-24-8-4-3-5-9-24/h3-5,8-16,19,31H,2,6-7,17-18,20-21H2,1H3. The average Bonchev–Trinajstić information content (AvgIpc) is 2.83. The molecule has 1 unspecified atom stereocenters. The summed E-state index contributed by atoms with van der Waals surface area (Å²) in [6.07, 6.45) is 6.54. The molecule has 0 fully saturated rings. The highest BCUT2D eigenvalue weighted by molar-refractivity contribution is 6.31. The summed E-state index contributed by atoms with van der Waals surface area (Å²) in [7, 11) is 0. The molecule has 1 N–H and O–H groups in total. The molecule has 0 heterocycles. The summed E-state index contributed by atoms with van der Waals surface area (Å²) in [5, 5.41) is 12.5. The lowest BCUT2D eigenvalue weighted by Crippen LogP contribution is -2.33. The van der Waals surface area contributed by atoms with Gasteiger partial charge in [0.25, 0.3) is 0 Å². The molecule has 166 valence electrons. The van der Waals surface area contributed by atoms with Gasteiger partial charge in [0, 0.05) is 5.02 Å². The van der Waals surface area contributed by atoms with Crippen LogP contribution in [0.2, 0.25) is 5.02 Å². The molecule has 4 rings (SSSR count). The highest BCUT2D eigenvalue weighted by atomic mass is 35.5. The van der Waals surface area contributed by atoms with Crippen LogP contribution in [0, 0.1) is 0 Å². The average molecular weight is 447 g/mol. The van der Waals surface area contributed by atoms with Crippen LogP contribution in [-0.2, 0) is 29.8 Å². The molecule has 3 aromatic rings. The van der Waals surface area contributed by atoms with Gasteiger partial charge in [0.1, 0.15) is 5.60 Å². The number of allylic oxidation sites excluding steroid dienone is 1. The molecule has 0 saturated carbocycles. The summed E-state index contributed by atoms with van der Waals surface area (Å²) in [6.45, 7) is 3.12. The molecule has 0 aromatic heterocycles. The lowest BCUT2D eigenvalue weighted by atomic mass is 9.77. The summed E-state index contributed by atoms with van der Waals surface area (Å²) in [6, 6.07) is 24.8. The molecule has 0 radical (unpaired) electrons. The molecule has 3 heteroatoms. The fourth-order valence-corrected chi connectivity index (χ4v) is 4.59. The van der Waals surface area contributed by atoms with Crippen molar-refractivity contribution >= 4 is 11.6 Å². The van der Waals surface area contributed by atoms with E-state index in [0.717, 1.165) is 53.0 Å². The number of rotatable bonds is 8. The van der Waals surface area contributed by atoms with Gasteiger partial charge in [0.15, 0.2) is 0 Å². The molecule has 1 aliphatic carbocycles. The quantitative estimate of drug-likeness (QED) is 0.377. The zero-order valence-electron chi connectivity index (χ0n) is 18.7. The Kier molecular flexibility index (Phi) is 7.47. The van der Waals surface area contributed by atoms with Gasteiger partial charge in [0.2, 0.25) is 0 Å². The number of aryl methyl sites for hydroxylation is 1. The van der Waals surface area contributed by atoms with E-state index in [0.29, 0.717) is 19.6 Å². The summed E-state index contributed by atoms with van der Waals surface area (Å²) >= 11 is 6.56. The largest absolute Gasteiger partial charge is 0.381 e. The zero-order valence-corrected chi connectivity index (χ0v) is 19.4. The Hall–Kier alpha value is -2.39.